The third-order valence-electron chi connectivity index (χ3n) is 3.41. The second kappa shape index (κ2) is 9.13. The highest BCUT2D eigenvalue weighted by atomic mass is 32.2. The number of hydrogen-bond acceptors (Lipinski definition) is 8. The molecule has 1 aromatic carbocycles. The molecule has 0 unspecified atom stereocenters. The first-order valence-corrected chi connectivity index (χ1v) is 11.5. The molecule has 0 spiro atoms. The number of benzene rings is 1. The summed E-state index contributed by atoms with van der Waals surface area (Å²) in [5, 5.41) is 12.0. The number of hydrogen-bond donors (Lipinski definition) is 2. The van der Waals surface area contributed by atoms with Crippen LogP contribution in [0.25, 0.3) is 0 Å². The first-order chi connectivity index (χ1) is 13.4. The van der Waals surface area contributed by atoms with Gasteiger partial charge in [0.25, 0.3) is 10.0 Å². The van der Waals surface area contributed by atoms with Crippen molar-refractivity contribution in [2.45, 2.75) is 23.3 Å². The average molecular weight is 436 g/mol. The molecule has 3 aromatic rings. The number of amides is 1. The Morgan fingerprint density at radius 1 is 1.14 bits per heavy atom. The van der Waals surface area contributed by atoms with Gasteiger partial charge in [0.2, 0.25) is 11.0 Å². The molecule has 2 heterocycles. The first kappa shape index (κ1) is 20.2. The van der Waals surface area contributed by atoms with Crippen LogP contribution in [-0.4, -0.2) is 35.3 Å². The van der Waals surface area contributed by atoms with Crippen molar-refractivity contribution < 1.29 is 13.2 Å². The Morgan fingerprint density at radius 3 is 2.57 bits per heavy atom. The fraction of sp³-hybridized carbons (Fsp3) is 0.176. The molecule has 0 aliphatic carbocycles. The van der Waals surface area contributed by atoms with Gasteiger partial charge in [-0.25, -0.2) is 13.4 Å². The zero-order chi connectivity index (χ0) is 20.0. The normalized spacial score (nSPS) is 11.2. The number of nitrogens with one attached hydrogen (secondary N) is 2. The van der Waals surface area contributed by atoms with E-state index in [-0.39, 0.29) is 15.9 Å². The topological polar surface area (TPSA) is 114 Å². The van der Waals surface area contributed by atoms with Crippen LogP contribution in [0.1, 0.15) is 11.4 Å². The monoisotopic (exact) mass is 435 g/mol. The van der Waals surface area contributed by atoms with E-state index in [2.05, 4.69) is 25.2 Å². The molecule has 0 saturated carbocycles. The number of nitrogens with zero attached hydrogens (tertiary/aromatic N) is 3. The van der Waals surface area contributed by atoms with Crippen LogP contribution in [-0.2, 0) is 14.8 Å². The van der Waals surface area contributed by atoms with Gasteiger partial charge in [-0.15, -0.1) is 22.0 Å². The fourth-order valence-corrected chi connectivity index (χ4v) is 4.76. The molecule has 0 radical (unpaired) electrons. The summed E-state index contributed by atoms with van der Waals surface area (Å²) >= 11 is 2.65. The second-order valence-electron chi connectivity index (χ2n) is 5.57. The maximum Gasteiger partial charge on any atom is 0.263 e. The number of thioether (sulfide) groups is 1. The second-order valence-corrected chi connectivity index (χ2v) is 9.55. The quantitative estimate of drug-likeness (QED) is 0.522. The number of pyridine rings is 1. The minimum absolute atomic E-state index is 0.0732. The van der Waals surface area contributed by atoms with E-state index in [9.17, 15) is 13.2 Å². The Kier molecular flexibility index (Phi) is 6.60. The smallest absolute Gasteiger partial charge is 0.263 e. The Hall–Kier alpha value is -2.50. The van der Waals surface area contributed by atoms with Crippen molar-refractivity contribution in [2.75, 3.05) is 15.8 Å². The van der Waals surface area contributed by atoms with Gasteiger partial charge < -0.3 is 5.32 Å². The van der Waals surface area contributed by atoms with Gasteiger partial charge in [-0.05, 0) is 43.3 Å². The Morgan fingerprint density at radius 2 is 1.93 bits per heavy atom. The number of aryl methyl sites for hydroxylation is 1. The lowest BCUT2D eigenvalue weighted by atomic mass is 10.3. The fourth-order valence-electron chi connectivity index (χ4n) is 2.13. The van der Waals surface area contributed by atoms with E-state index in [1.165, 1.54) is 23.9 Å². The lowest BCUT2D eigenvalue weighted by Crippen LogP contribution is -2.14. The average Bonchev–Trinajstić information content (AvgIpc) is 3.07. The molecule has 11 heteroatoms. The summed E-state index contributed by atoms with van der Waals surface area (Å²) in [6.45, 7) is 1.74. The minimum atomic E-state index is -3.76. The van der Waals surface area contributed by atoms with E-state index in [1.807, 2.05) is 18.2 Å². The van der Waals surface area contributed by atoms with Gasteiger partial charge in [0.05, 0.1) is 9.92 Å². The summed E-state index contributed by atoms with van der Waals surface area (Å²) in [6.07, 6.45) is 2.03. The standard InChI is InChI=1S/C17H17N5O3S3/c1-12-20-21-17(27-12)22-28(24,25)14-7-5-13(6-8-14)19-15(23)9-11-26-16-4-2-3-10-18-16/h2-8,10H,9,11H2,1H3,(H,19,23)(H,21,22). The largest absolute Gasteiger partial charge is 0.326 e. The summed E-state index contributed by atoms with van der Waals surface area (Å²) < 4.78 is 27.1. The number of carbonyl (C=O) groups is 1. The molecule has 0 bridgehead atoms. The number of carbonyl (C=O) groups excluding carboxylic acids is 1. The van der Waals surface area contributed by atoms with Crippen LogP contribution in [0, 0.1) is 6.92 Å². The van der Waals surface area contributed by atoms with E-state index >= 15 is 0 Å². The molecule has 0 aliphatic heterocycles. The Bertz CT molecular complexity index is 1040. The molecule has 2 N–H and O–H groups in total. The van der Waals surface area contributed by atoms with Gasteiger partial charge in [-0.1, -0.05) is 17.4 Å². The molecule has 8 nitrogen and oxygen atoms in total. The highest BCUT2D eigenvalue weighted by Gasteiger charge is 2.16. The zero-order valence-corrected chi connectivity index (χ0v) is 17.3. The molecule has 0 atom stereocenters. The molecule has 0 aliphatic rings. The molecule has 146 valence electrons. The van der Waals surface area contributed by atoms with Gasteiger partial charge >= 0.3 is 0 Å². The number of sulfonamides is 1. The van der Waals surface area contributed by atoms with E-state index in [1.54, 1.807) is 25.3 Å². The number of aromatic nitrogens is 3. The third-order valence-corrected chi connectivity index (χ3v) is 6.60. The highest BCUT2D eigenvalue weighted by molar-refractivity contribution is 7.99. The van der Waals surface area contributed by atoms with Gasteiger partial charge in [0, 0.05) is 24.1 Å². The number of rotatable bonds is 8. The van der Waals surface area contributed by atoms with Crippen LogP contribution in [0.3, 0.4) is 0 Å². The number of anilines is 2. The van der Waals surface area contributed by atoms with Crippen molar-refractivity contribution in [3.8, 4) is 0 Å². The third kappa shape index (κ3) is 5.75. The molecule has 2 aromatic heterocycles. The van der Waals surface area contributed by atoms with E-state index in [4.69, 9.17) is 0 Å². The van der Waals surface area contributed by atoms with Crippen molar-refractivity contribution in [3.63, 3.8) is 0 Å². The zero-order valence-electron chi connectivity index (χ0n) is 14.8. The van der Waals surface area contributed by atoms with Gasteiger partial charge in [-0.2, -0.15) is 0 Å². The van der Waals surface area contributed by atoms with Crippen LogP contribution < -0.4 is 10.0 Å². The van der Waals surface area contributed by atoms with Gasteiger partial charge in [0.1, 0.15) is 5.01 Å². The lowest BCUT2D eigenvalue weighted by molar-refractivity contribution is -0.115. The van der Waals surface area contributed by atoms with E-state index in [0.717, 1.165) is 16.4 Å². The van der Waals surface area contributed by atoms with E-state index < -0.39 is 10.0 Å². The molecule has 0 fully saturated rings. The predicted molar refractivity (Wildman–Crippen MR) is 110 cm³/mol. The van der Waals surface area contributed by atoms with E-state index in [0.29, 0.717) is 22.9 Å². The summed E-state index contributed by atoms with van der Waals surface area (Å²) in [4.78, 5) is 16.3. The van der Waals surface area contributed by atoms with Crippen molar-refractivity contribution >= 4 is 49.8 Å². The van der Waals surface area contributed by atoms with Crippen LogP contribution in [0.5, 0.6) is 0 Å². The predicted octanol–water partition coefficient (Wildman–Crippen LogP) is 3.16. The maximum absolute atomic E-state index is 12.4. The maximum atomic E-state index is 12.4. The highest BCUT2D eigenvalue weighted by Crippen LogP contribution is 2.21. The van der Waals surface area contributed by atoms with Crippen LogP contribution >= 0.6 is 23.1 Å². The summed E-state index contributed by atoms with van der Waals surface area (Å²) in [5.74, 6) is 0.446. The first-order valence-electron chi connectivity index (χ1n) is 8.19. The minimum Gasteiger partial charge on any atom is -0.326 e. The molecule has 1 amide bonds. The molecular weight excluding hydrogens is 418 g/mol. The molecular formula is C17H17N5O3S3. The van der Waals surface area contributed by atoms with Crippen LogP contribution in [0.15, 0.2) is 58.6 Å². The van der Waals surface area contributed by atoms with Gasteiger partial charge in [0.15, 0.2) is 0 Å². The van der Waals surface area contributed by atoms with Crippen molar-refractivity contribution in [1.82, 2.24) is 15.2 Å². The summed E-state index contributed by atoms with van der Waals surface area (Å²) in [5.41, 5.74) is 0.526. The molecule has 28 heavy (non-hydrogen) atoms. The Balaban J connectivity index is 1.52. The summed E-state index contributed by atoms with van der Waals surface area (Å²) in [7, 11) is -3.76. The van der Waals surface area contributed by atoms with Crippen molar-refractivity contribution in [2.24, 2.45) is 0 Å². The van der Waals surface area contributed by atoms with Crippen molar-refractivity contribution in [1.29, 1.82) is 0 Å². The summed E-state index contributed by atoms with van der Waals surface area (Å²) in [6, 6.07) is 11.6. The van der Waals surface area contributed by atoms with Crippen LogP contribution in [0.4, 0.5) is 10.8 Å². The SMILES string of the molecule is Cc1nnc(NS(=O)(=O)c2ccc(NC(=O)CCSc3ccccn3)cc2)s1. The Labute approximate surface area is 170 Å². The van der Waals surface area contributed by atoms with Crippen molar-refractivity contribution in [3.05, 3.63) is 53.7 Å². The lowest BCUT2D eigenvalue weighted by Gasteiger charge is -2.08. The van der Waals surface area contributed by atoms with Gasteiger partial charge in [-0.3, -0.25) is 9.52 Å². The molecule has 3 rings (SSSR count). The van der Waals surface area contributed by atoms with Crippen LogP contribution in [0.2, 0.25) is 0 Å². The molecule has 0 saturated heterocycles.